The maximum Gasteiger partial charge on any atom is 0.340 e. The fraction of sp³-hybridized carbons (Fsp3) is 0.500. The van der Waals surface area contributed by atoms with Crippen molar-refractivity contribution in [2.45, 2.75) is 13.0 Å². The van der Waals surface area contributed by atoms with Gasteiger partial charge in [-0.05, 0) is 18.5 Å². The van der Waals surface area contributed by atoms with E-state index in [2.05, 4.69) is 15.0 Å². The molecule has 1 fully saturated rings. The van der Waals surface area contributed by atoms with Crippen molar-refractivity contribution in [1.82, 2.24) is 9.69 Å². The molecule has 1 aromatic heterocycles. The molecule has 1 unspecified atom stereocenters. The minimum absolute atomic E-state index is 0.0804. The molecule has 98 valence electrons. The molecular formula is C10H13N3O3S2. The fourth-order valence-corrected chi connectivity index (χ4v) is 3.37. The molecule has 0 aliphatic carbocycles. The van der Waals surface area contributed by atoms with Crippen LogP contribution in [0.4, 0.5) is 5.00 Å². The molecule has 18 heavy (non-hydrogen) atoms. The zero-order valence-corrected chi connectivity index (χ0v) is 11.4. The van der Waals surface area contributed by atoms with Gasteiger partial charge in [0.25, 0.3) is 0 Å². The average Bonchev–Trinajstić information content (AvgIpc) is 2.71. The first kappa shape index (κ1) is 13.3. The minimum Gasteiger partial charge on any atom is -0.478 e. The third-order valence-corrected chi connectivity index (χ3v) is 4.47. The summed E-state index contributed by atoms with van der Waals surface area (Å²) in [7, 11) is 0. The predicted molar refractivity (Wildman–Crippen MR) is 71.6 cm³/mol. The Kier molecular flexibility index (Phi) is 4.20. The van der Waals surface area contributed by atoms with Crippen LogP contribution in [0.5, 0.6) is 0 Å². The number of aromatic carboxylic acids is 1. The van der Waals surface area contributed by atoms with Gasteiger partial charge in [0.05, 0.1) is 11.7 Å². The van der Waals surface area contributed by atoms with Crippen molar-refractivity contribution in [3.63, 3.8) is 0 Å². The lowest BCUT2D eigenvalue weighted by atomic mass is 10.2. The second-order valence-corrected chi connectivity index (χ2v) is 5.77. The van der Waals surface area contributed by atoms with Gasteiger partial charge >= 0.3 is 5.97 Å². The topological polar surface area (TPSA) is 91.3 Å². The van der Waals surface area contributed by atoms with Crippen LogP contribution in [0.25, 0.3) is 0 Å². The molecule has 1 atom stereocenters. The van der Waals surface area contributed by atoms with Crippen LogP contribution in [-0.2, 0) is 4.79 Å². The number of nitrogens with zero attached hydrogens (tertiary/aromatic N) is 1. The number of carbonyl (C=O) groups excluding carboxylic acids is 1. The van der Waals surface area contributed by atoms with Crippen LogP contribution >= 0.6 is 23.3 Å². The van der Waals surface area contributed by atoms with Gasteiger partial charge in [-0.3, -0.25) is 4.79 Å². The Morgan fingerprint density at radius 3 is 2.94 bits per heavy atom. The highest BCUT2D eigenvalue weighted by atomic mass is 32.2. The molecule has 1 aliphatic heterocycles. The zero-order valence-electron chi connectivity index (χ0n) is 9.73. The highest BCUT2D eigenvalue weighted by Gasteiger charge is 2.24. The maximum absolute atomic E-state index is 12.0. The van der Waals surface area contributed by atoms with Crippen LogP contribution in [0.1, 0.15) is 16.1 Å². The van der Waals surface area contributed by atoms with Crippen molar-refractivity contribution in [1.29, 1.82) is 0 Å². The third-order valence-electron chi connectivity index (χ3n) is 2.55. The van der Waals surface area contributed by atoms with Crippen LogP contribution in [0.15, 0.2) is 0 Å². The number of aryl methyl sites for hydroxylation is 1. The molecule has 3 N–H and O–H groups in total. The van der Waals surface area contributed by atoms with E-state index in [0.29, 0.717) is 16.4 Å². The number of amides is 1. The molecular weight excluding hydrogens is 274 g/mol. The first-order valence-corrected chi connectivity index (χ1v) is 7.34. The molecule has 2 rings (SSSR count). The molecule has 6 nitrogen and oxygen atoms in total. The van der Waals surface area contributed by atoms with Gasteiger partial charge in [-0.2, -0.15) is 16.1 Å². The number of hydrogen-bond donors (Lipinski definition) is 3. The Balaban J connectivity index is 2.09. The largest absolute Gasteiger partial charge is 0.478 e. The van der Waals surface area contributed by atoms with Crippen LogP contribution in [-0.4, -0.2) is 45.4 Å². The molecule has 1 amide bonds. The number of rotatable bonds is 3. The number of thioether (sulfide) groups is 1. The number of carboxylic acid groups (broad SMARTS) is 1. The van der Waals surface area contributed by atoms with Gasteiger partial charge in [-0.25, -0.2) is 4.79 Å². The van der Waals surface area contributed by atoms with Gasteiger partial charge < -0.3 is 15.7 Å². The lowest BCUT2D eigenvalue weighted by Crippen LogP contribution is -2.46. The lowest BCUT2D eigenvalue weighted by molar-refractivity contribution is -0.117. The van der Waals surface area contributed by atoms with E-state index in [4.69, 9.17) is 5.11 Å². The van der Waals surface area contributed by atoms with Gasteiger partial charge in [-0.15, -0.1) is 0 Å². The standard InChI is InChI=1S/C10H13N3O3S2/c1-5-7(10(15)16)9(18-13-5)12-8(14)6-4-17-3-2-11-6/h6,11H,2-4H2,1H3,(H,12,14)(H,15,16). The van der Waals surface area contributed by atoms with Gasteiger partial charge in [0.1, 0.15) is 10.6 Å². The zero-order chi connectivity index (χ0) is 13.1. The van der Waals surface area contributed by atoms with E-state index >= 15 is 0 Å². The van der Waals surface area contributed by atoms with Crippen molar-refractivity contribution >= 4 is 40.2 Å². The second kappa shape index (κ2) is 5.68. The Bertz CT molecular complexity index is 469. The number of nitrogens with one attached hydrogen (secondary N) is 2. The van der Waals surface area contributed by atoms with Gasteiger partial charge in [0, 0.05) is 18.1 Å². The van der Waals surface area contributed by atoms with Crippen LogP contribution in [0, 0.1) is 6.92 Å². The molecule has 1 saturated heterocycles. The van der Waals surface area contributed by atoms with Gasteiger partial charge in [0.15, 0.2) is 0 Å². The van der Waals surface area contributed by atoms with Crippen molar-refractivity contribution in [3.8, 4) is 0 Å². The normalized spacial score (nSPS) is 19.5. The van der Waals surface area contributed by atoms with Crippen molar-refractivity contribution in [3.05, 3.63) is 11.3 Å². The Morgan fingerprint density at radius 1 is 1.56 bits per heavy atom. The highest BCUT2D eigenvalue weighted by molar-refractivity contribution is 7.99. The second-order valence-electron chi connectivity index (χ2n) is 3.85. The summed E-state index contributed by atoms with van der Waals surface area (Å²) in [6, 6.07) is -0.271. The van der Waals surface area contributed by atoms with Crippen molar-refractivity contribution < 1.29 is 14.7 Å². The van der Waals surface area contributed by atoms with Crippen LogP contribution in [0.2, 0.25) is 0 Å². The SMILES string of the molecule is Cc1nsc(NC(=O)C2CSCCN2)c1C(=O)O. The smallest absolute Gasteiger partial charge is 0.340 e. The van der Waals surface area contributed by atoms with E-state index in [1.54, 1.807) is 18.7 Å². The number of aromatic nitrogens is 1. The summed E-state index contributed by atoms with van der Waals surface area (Å²) >= 11 is 2.71. The quantitative estimate of drug-likeness (QED) is 0.761. The van der Waals surface area contributed by atoms with Gasteiger partial charge in [0.2, 0.25) is 5.91 Å². The summed E-state index contributed by atoms with van der Waals surface area (Å²) in [5.74, 6) is 0.423. The average molecular weight is 287 g/mol. The first-order valence-electron chi connectivity index (χ1n) is 5.41. The van der Waals surface area contributed by atoms with Gasteiger partial charge in [-0.1, -0.05) is 0 Å². The van der Waals surface area contributed by atoms with Crippen molar-refractivity contribution in [2.24, 2.45) is 0 Å². The molecule has 0 saturated carbocycles. The van der Waals surface area contributed by atoms with Crippen LogP contribution in [0.3, 0.4) is 0 Å². The number of hydrogen-bond acceptors (Lipinski definition) is 6. The number of anilines is 1. The molecule has 1 aromatic rings. The first-order chi connectivity index (χ1) is 8.59. The van der Waals surface area contributed by atoms with E-state index in [-0.39, 0.29) is 17.5 Å². The fourth-order valence-electron chi connectivity index (χ4n) is 1.64. The molecule has 0 radical (unpaired) electrons. The Hall–Kier alpha value is -1.12. The molecule has 0 aromatic carbocycles. The Morgan fingerprint density at radius 2 is 2.33 bits per heavy atom. The number of carbonyl (C=O) groups is 2. The summed E-state index contributed by atoms with van der Waals surface area (Å²) in [4.78, 5) is 23.0. The predicted octanol–water partition coefficient (Wildman–Crippen LogP) is 0.793. The molecule has 0 spiro atoms. The maximum atomic E-state index is 12.0. The van der Waals surface area contributed by atoms with E-state index in [0.717, 1.165) is 23.8 Å². The monoisotopic (exact) mass is 287 g/mol. The van der Waals surface area contributed by atoms with E-state index < -0.39 is 5.97 Å². The summed E-state index contributed by atoms with van der Waals surface area (Å²) in [6.07, 6.45) is 0. The molecule has 8 heteroatoms. The summed E-state index contributed by atoms with van der Waals surface area (Å²) in [6.45, 7) is 2.40. The summed E-state index contributed by atoms with van der Waals surface area (Å²) in [5, 5.41) is 15.1. The van der Waals surface area contributed by atoms with E-state index in [9.17, 15) is 9.59 Å². The molecule has 1 aliphatic rings. The lowest BCUT2D eigenvalue weighted by Gasteiger charge is -2.21. The van der Waals surface area contributed by atoms with E-state index in [1.165, 1.54) is 0 Å². The van der Waals surface area contributed by atoms with Crippen molar-refractivity contribution in [2.75, 3.05) is 23.4 Å². The summed E-state index contributed by atoms with van der Waals surface area (Å²) in [5.41, 5.74) is 0.505. The van der Waals surface area contributed by atoms with Crippen LogP contribution < -0.4 is 10.6 Å². The number of carboxylic acids is 1. The highest BCUT2D eigenvalue weighted by Crippen LogP contribution is 2.24. The molecule has 0 bridgehead atoms. The third kappa shape index (κ3) is 2.82. The minimum atomic E-state index is -1.07. The summed E-state index contributed by atoms with van der Waals surface area (Å²) < 4.78 is 3.96. The van der Waals surface area contributed by atoms with E-state index in [1.807, 2.05) is 0 Å². The Labute approximate surface area is 112 Å². The molecule has 2 heterocycles.